The quantitative estimate of drug-likeness (QED) is 0.699. The zero-order chi connectivity index (χ0) is 16.1. The zero-order valence-corrected chi connectivity index (χ0v) is 12.8. The third-order valence-corrected chi connectivity index (χ3v) is 3.49. The van der Waals surface area contributed by atoms with Gasteiger partial charge in [-0.25, -0.2) is 4.39 Å². The molecule has 3 rings (SSSR count). The van der Waals surface area contributed by atoms with Crippen LogP contribution in [-0.2, 0) is 13.1 Å². The fraction of sp³-hybridized carbons (Fsp3) is 0.235. The van der Waals surface area contributed by atoms with E-state index in [-0.39, 0.29) is 5.82 Å². The summed E-state index contributed by atoms with van der Waals surface area (Å²) in [5, 5.41) is 3.98. The zero-order valence-electron chi connectivity index (χ0n) is 12.8. The van der Waals surface area contributed by atoms with Gasteiger partial charge in [-0.15, -0.1) is 0 Å². The van der Waals surface area contributed by atoms with Crippen molar-refractivity contribution >= 4 is 0 Å². The summed E-state index contributed by atoms with van der Waals surface area (Å²) in [6.07, 6.45) is 3.39. The molecule has 0 aliphatic heterocycles. The maximum absolute atomic E-state index is 13.3. The summed E-state index contributed by atoms with van der Waals surface area (Å²) in [6, 6.07) is 10.3. The number of halogens is 1. The summed E-state index contributed by atoms with van der Waals surface area (Å²) < 4.78 is 18.6. The van der Waals surface area contributed by atoms with E-state index < -0.39 is 0 Å². The van der Waals surface area contributed by atoms with E-state index >= 15 is 0 Å². The van der Waals surface area contributed by atoms with Crippen molar-refractivity contribution in [1.82, 2.24) is 20.0 Å². The van der Waals surface area contributed by atoms with Crippen molar-refractivity contribution in [1.29, 1.82) is 0 Å². The van der Waals surface area contributed by atoms with Crippen LogP contribution in [0, 0.1) is 5.82 Å². The van der Waals surface area contributed by atoms with Crippen molar-refractivity contribution in [3.05, 3.63) is 66.1 Å². The highest BCUT2D eigenvalue weighted by atomic mass is 19.1. The smallest absolute Gasteiger partial charge is 0.241 e. The Morgan fingerprint density at radius 3 is 2.83 bits per heavy atom. The number of aromatic nitrogens is 3. The lowest BCUT2D eigenvalue weighted by Crippen LogP contribution is -2.22. The highest BCUT2D eigenvalue weighted by Crippen LogP contribution is 2.15. The molecule has 5 nitrogen and oxygen atoms in total. The molecule has 6 heteroatoms. The molecular weight excluding hydrogens is 295 g/mol. The molecule has 0 radical (unpaired) electrons. The molecule has 118 valence electrons. The van der Waals surface area contributed by atoms with Gasteiger partial charge in [-0.05, 0) is 36.4 Å². The molecule has 0 aliphatic rings. The average molecular weight is 312 g/mol. The molecule has 2 heterocycles. The fourth-order valence-electron chi connectivity index (χ4n) is 2.30. The van der Waals surface area contributed by atoms with Crippen LogP contribution in [0.15, 0.2) is 53.3 Å². The minimum atomic E-state index is -0.227. The summed E-state index contributed by atoms with van der Waals surface area (Å²) in [5.41, 5.74) is 1.73. The first-order valence-corrected chi connectivity index (χ1v) is 7.44. The monoisotopic (exact) mass is 312 g/mol. The number of rotatable bonds is 6. The van der Waals surface area contributed by atoms with Crippen molar-refractivity contribution in [2.75, 3.05) is 6.54 Å². The van der Waals surface area contributed by atoms with Gasteiger partial charge in [0.25, 0.3) is 0 Å². The number of pyridine rings is 1. The second-order valence-electron chi connectivity index (χ2n) is 5.19. The van der Waals surface area contributed by atoms with Crippen molar-refractivity contribution in [2.45, 2.75) is 20.0 Å². The molecule has 0 unspecified atom stereocenters. The largest absolute Gasteiger partial charge is 0.338 e. The molecule has 1 aromatic carbocycles. The summed E-state index contributed by atoms with van der Waals surface area (Å²) in [4.78, 5) is 10.5. The van der Waals surface area contributed by atoms with Gasteiger partial charge in [-0.2, -0.15) is 4.98 Å². The predicted octanol–water partition coefficient (Wildman–Crippen LogP) is 3.29. The van der Waals surface area contributed by atoms with Crippen LogP contribution in [0.3, 0.4) is 0 Å². The first kappa shape index (κ1) is 15.3. The number of benzene rings is 1. The van der Waals surface area contributed by atoms with Gasteiger partial charge in [0.2, 0.25) is 11.7 Å². The van der Waals surface area contributed by atoms with E-state index in [9.17, 15) is 4.39 Å². The molecule has 23 heavy (non-hydrogen) atoms. The van der Waals surface area contributed by atoms with Gasteiger partial charge in [0.05, 0.1) is 6.54 Å². The van der Waals surface area contributed by atoms with Gasteiger partial charge in [0.15, 0.2) is 0 Å². The lowest BCUT2D eigenvalue weighted by Gasteiger charge is -2.18. The summed E-state index contributed by atoms with van der Waals surface area (Å²) in [5.74, 6) is 0.826. The molecule has 2 aromatic heterocycles. The lowest BCUT2D eigenvalue weighted by atomic mass is 10.2. The molecular formula is C17H17FN4O. The van der Waals surface area contributed by atoms with E-state index in [0.29, 0.717) is 24.8 Å². The molecule has 0 bridgehead atoms. The predicted molar refractivity (Wildman–Crippen MR) is 83.7 cm³/mol. The van der Waals surface area contributed by atoms with E-state index in [2.05, 4.69) is 20.0 Å². The molecule has 0 atom stereocenters. The van der Waals surface area contributed by atoms with E-state index in [0.717, 1.165) is 17.7 Å². The van der Waals surface area contributed by atoms with Crippen LogP contribution < -0.4 is 0 Å². The van der Waals surface area contributed by atoms with Crippen LogP contribution >= 0.6 is 0 Å². The van der Waals surface area contributed by atoms with Gasteiger partial charge in [0.1, 0.15) is 5.82 Å². The van der Waals surface area contributed by atoms with Crippen molar-refractivity contribution in [3.63, 3.8) is 0 Å². The molecule has 0 spiro atoms. The molecule has 0 N–H and O–H groups in total. The molecule has 0 saturated heterocycles. The standard InChI is InChI=1S/C17H17FN4O/c1-2-22(11-13-5-3-7-15(18)9-13)12-16-20-17(21-23-16)14-6-4-8-19-10-14/h3-10H,2,11-12H2,1H3. The SMILES string of the molecule is CCN(Cc1cccc(F)c1)Cc1nc(-c2cccnc2)no1. The van der Waals surface area contributed by atoms with Crippen molar-refractivity contribution in [3.8, 4) is 11.4 Å². The van der Waals surface area contributed by atoms with Crippen LogP contribution in [0.2, 0.25) is 0 Å². The van der Waals surface area contributed by atoms with Crippen molar-refractivity contribution in [2.24, 2.45) is 0 Å². The molecule has 0 aliphatic carbocycles. The number of hydrogen-bond donors (Lipinski definition) is 0. The third-order valence-electron chi connectivity index (χ3n) is 3.49. The second-order valence-corrected chi connectivity index (χ2v) is 5.19. The Morgan fingerprint density at radius 2 is 2.09 bits per heavy atom. The molecule has 0 amide bonds. The van der Waals surface area contributed by atoms with Gasteiger partial charge in [-0.1, -0.05) is 24.2 Å². The Morgan fingerprint density at radius 1 is 1.17 bits per heavy atom. The topological polar surface area (TPSA) is 55.1 Å². The van der Waals surface area contributed by atoms with E-state index in [1.165, 1.54) is 12.1 Å². The lowest BCUT2D eigenvalue weighted by molar-refractivity contribution is 0.229. The van der Waals surface area contributed by atoms with Crippen LogP contribution in [-0.4, -0.2) is 26.6 Å². The first-order chi connectivity index (χ1) is 11.2. The summed E-state index contributed by atoms with van der Waals surface area (Å²) in [7, 11) is 0. The average Bonchev–Trinajstić information content (AvgIpc) is 3.04. The Kier molecular flexibility index (Phi) is 4.73. The Bertz CT molecular complexity index is 760. The Labute approximate surface area is 133 Å². The number of nitrogens with zero attached hydrogens (tertiary/aromatic N) is 4. The van der Waals surface area contributed by atoms with Gasteiger partial charge in [-0.3, -0.25) is 9.88 Å². The van der Waals surface area contributed by atoms with Crippen LogP contribution in [0.1, 0.15) is 18.4 Å². The van der Waals surface area contributed by atoms with Crippen LogP contribution in [0.25, 0.3) is 11.4 Å². The van der Waals surface area contributed by atoms with Gasteiger partial charge >= 0.3 is 0 Å². The van der Waals surface area contributed by atoms with Crippen molar-refractivity contribution < 1.29 is 8.91 Å². The van der Waals surface area contributed by atoms with Crippen LogP contribution in [0.4, 0.5) is 4.39 Å². The first-order valence-electron chi connectivity index (χ1n) is 7.44. The minimum absolute atomic E-state index is 0.227. The third kappa shape index (κ3) is 3.98. The Balaban J connectivity index is 1.69. The molecule has 0 fully saturated rings. The van der Waals surface area contributed by atoms with E-state index in [4.69, 9.17) is 4.52 Å². The van der Waals surface area contributed by atoms with E-state index in [1.54, 1.807) is 18.5 Å². The van der Waals surface area contributed by atoms with Gasteiger partial charge in [0, 0.05) is 24.5 Å². The molecule has 0 saturated carbocycles. The summed E-state index contributed by atoms with van der Waals surface area (Å²) >= 11 is 0. The van der Waals surface area contributed by atoms with Crippen LogP contribution in [0.5, 0.6) is 0 Å². The minimum Gasteiger partial charge on any atom is -0.338 e. The fourth-order valence-corrected chi connectivity index (χ4v) is 2.30. The normalized spacial score (nSPS) is 11.1. The number of hydrogen-bond acceptors (Lipinski definition) is 5. The van der Waals surface area contributed by atoms with E-state index in [1.807, 2.05) is 25.1 Å². The highest BCUT2D eigenvalue weighted by Gasteiger charge is 2.13. The maximum Gasteiger partial charge on any atom is 0.241 e. The summed E-state index contributed by atoms with van der Waals surface area (Å²) in [6.45, 7) is 3.97. The second kappa shape index (κ2) is 7.11. The van der Waals surface area contributed by atoms with Gasteiger partial charge < -0.3 is 4.52 Å². The maximum atomic E-state index is 13.3. The molecule has 3 aromatic rings. The highest BCUT2D eigenvalue weighted by molar-refractivity contribution is 5.51. The Hall–Kier alpha value is -2.60.